The van der Waals surface area contributed by atoms with E-state index < -0.39 is 0 Å². The molecule has 2 aromatic carbocycles. The van der Waals surface area contributed by atoms with Crippen LogP contribution in [0.25, 0.3) is 21.6 Å². The van der Waals surface area contributed by atoms with Crippen LogP contribution < -0.4 is 4.90 Å². The first-order chi connectivity index (χ1) is 13.8. The topological polar surface area (TPSA) is 33.2 Å². The van der Waals surface area contributed by atoms with Gasteiger partial charge in [0.25, 0.3) is 5.91 Å². The Bertz CT molecular complexity index is 1120. The lowest BCUT2D eigenvalue weighted by Crippen LogP contribution is -2.28. The molecule has 0 saturated heterocycles. The molecule has 4 aromatic rings. The van der Waals surface area contributed by atoms with Gasteiger partial charge in [-0.25, -0.2) is 0 Å². The van der Waals surface area contributed by atoms with Crippen molar-refractivity contribution in [3.8, 4) is 21.6 Å². The van der Waals surface area contributed by atoms with Crippen molar-refractivity contribution in [3.63, 3.8) is 0 Å². The van der Waals surface area contributed by atoms with Crippen LogP contribution in [0.4, 0.5) is 5.69 Å². The number of hydrogen-bond donors (Lipinski definition) is 0. The summed E-state index contributed by atoms with van der Waals surface area (Å²) in [4.78, 5) is 20.3. The van der Waals surface area contributed by atoms with Crippen LogP contribution in [0.15, 0.2) is 84.5 Å². The maximum absolute atomic E-state index is 13.1. The predicted octanol–water partition coefficient (Wildman–Crippen LogP) is 5.68. The van der Waals surface area contributed by atoms with Crippen molar-refractivity contribution in [1.29, 1.82) is 0 Å². The molecule has 1 amide bonds. The molecule has 136 valence electrons. The summed E-state index contributed by atoms with van der Waals surface area (Å²) >= 11 is 1.71. The number of pyridine rings is 1. The zero-order chi connectivity index (χ0) is 18.9. The zero-order valence-corrected chi connectivity index (χ0v) is 16.0. The van der Waals surface area contributed by atoms with E-state index in [2.05, 4.69) is 34.6 Å². The van der Waals surface area contributed by atoms with Crippen molar-refractivity contribution >= 4 is 22.9 Å². The molecule has 0 spiro atoms. The largest absolute Gasteiger partial charge is 0.308 e. The summed E-state index contributed by atoms with van der Waals surface area (Å²) in [6.07, 6.45) is 4.49. The van der Waals surface area contributed by atoms with Crippen LogP contribution in [0.5, 0.6) is 0 Å². The lowest BCUT2D eigenvalue weighted by Gasteiger charge is -2.18. The summed E-state index contributed by atoms with van der Waals surface area (Å²) in [5.41, 5.74) is 6.42. The Labute approximate surface area is 167 Å². The minimum absolute atomic E-state index is 0.0631. The summed E-state index contributed by atoms with van der Waals surface area (Å²) in [7, 11) is 0. The SMILES string of the molecule is O=C(c1ccc(-c2cccs2)cc1)N1CCc2cc(-c3ccncc3)ccc21. The fraction of sp³-hybridized carbons (Fsp3) is 0.0833. The van der Waals surface area contributed by atoms with Crippen molar-refractivity contribution < 1.29 is 4.79 Å². The molecule has 0 saturated carbocycles. The van der Waals surface area contributed by atoms with Crippen molar-refractivity contribution in [3.05, 3.63) is 95.6 Å². The predicted molar refractivity (Wildman–Crippen MR) is 115 cm³/mol. The quantitative estimate of drug-likeness (QED) is 0.457. The smallest absolute Gasteiger partial charge is 0.258 e. The van der Waals surface area contributed by atoms with E-state index in [1.165, 1.54) is 10.4 Å². The first kappa shape index (κ1) is 16.9. The van der Waals surface area contributed by atoms with E-state index in [-0.39, 0.29) is 5.91 Å². The number of fused-ring (bicyclic) bond motifs is 1. The standard InChI is InChI=1S/C24H18N2OS/c27-24(19-5-3-18(4-6-19)23-2-1-15-28-23)26-14-11-21-16-20(7-8-22(21)26)17-9-12-25-13-10-17/h1-10,12-13,15-16H,11,14H2. The van der Waals surface area contributed by atoms with Gasteiger partial charge in [0.2, 0.25) is 0 Å². The molecule has 0 bridgehead atoms. The number of nitrogens with zero attached hydrogens (tertiary/aromatic N) is 2. The van der Waals surface area contributed by atoms with Gasteiger partial charge >= 0.3 is 0 Å². The molecule has 0 unspecified atom stereocenters. The van der Waals surface area contributed by atoms with E-state index in [0.717, 1.165) is 40.9 Å². The summed E-state index contributed by atoms with van der Waals surface area (Å²) in [6, 6.07) is 22.4. The molecule has 0 radical (unpaired) electrons. The van der Waals surface area contributed by atoms with Gasteiger partial charge in [-0.1, -0.05) is 24.3 Å². The fourth-order valence-corrected chi connectivity index (χ4v) is 4.45. The van der Waals surface area contributed by atoms with Crippen molar-refractivity contribution in [2.75, 3.05) is 11.4 Å². The van der Waals surface area contributed by atoms with Gasteiger partial charge in [-0.2, -0.15) is 0 Å². The number of rotatable bonds is 3. The van der Waals surface area contributed by atoms with Crippen LogP contribution in [-0.2, 0) is 6.42 Å². The summed E-state index contributed by atoms with van der Waals surface area (Å²) in [6.45, 7) is 0.723. The minimum atomic E-state index is 0.0631. The minimum Gasteiger partial charge on any atom is -0.308 e. The third-order valence-electron chi connectivity index (χ3n) is 5.17. The average molecular weight is 382 g/mol. The normalized spacial score (nSPS) is 12.8. The van der Waals surface area contributed by atoms with Crippen LogP contribution in [0, 0.1) is 0 Å². The monoisotopic (exact) mass is 382 g/mol. The number of carbonyl (C=O) groups is 1. The van der Waals surface area contributed by atoms with Crippen molar-refractivity contribution in [1.82, 2.24) is 4.98 Å². The summed E-state index contributed by atoms with van der Waals surface area (Å²) in [5, 5.41) is 2.07. The second kappa shape index (κ2) is 7.06. The van der Waals surface area contributed by atoms with E-state index in [9.17, 15) is 4.79 Å². The molecule has 28 heavy (non-hydrogen) atoms. The number of thiophene rings is 1. The molecule has 0 fully saturated rings. The van der Waals surface area contributed by atoms with Gasteiger partial charge in [0.15, 0.2) is 0 Å². The molecule has 0 aliphatic carbocycles. The highest BCUT2D eigenvalue weighted by molar-refractivity contribution is 7.13. The summed E-state index contributed by atoms with van der Waals surface area (Å²) in [5.74, 6) is 0.0631. The third kappa shape index (κ3) is 3.02. The molecule has 1 aliphatic heterocycles. The summed E-state index contributed by atoms with van der Waals surface area (Å²) < 4.78 is 0. The van der Waals surface area contributed by atoms with Gasteiger partial charge in [0.05, 0.1) is 0 Å². The highest BCUT2D eigenvalue weighted by atomic mass is 32.1. The fourth-order valence-electron chi connectivity index (χ4n) is 3.71. The molecule has 3 heterocycles. The molecule has 0 atom stereocenters. The van der Waals surface area contributed by atoms with Gasteiger partial charge < -0.3 is 4.90 Å². The molecule has 5 rings (SSSR count). The van der Waals surface area contributed by atoms with Crippen LogP contribution in [-0.4, -0.2) is 17.4 Å². The van der Waals surface area contributed by atoms with Gasteiger partial charge in [-0.3, -0.25) is 9.78 Å². The maximum Gasteiger partial charge on any atom is 0.258 e. The molecule has 3 nitrogen and oxygen atoms in total. The first-order valence-electron chi connectivity index (χ1n) is 9.29. The third-order valence-corrected chi connectivity index (χ3v) is 6.09. The van der Waals surface area contributed by atoms with Gasteiger partial charge in [-0.05, 0) is 76.5 Å². The van der Waals surface area contributed by atoms with Crippen LogP contribution in [0.3, 0.4) is 0 Å². The molecular weight excluding hydrogens is 364 g/mol. The Hall–Kier alpha value is -3.24. The number of aromatic nitrogens is 1. The Morgan fingerprint density at radius 3 is 2.43 bits per heavy atom. The second-order valence-electron chi connectivity index (χ2n) is 6.84. The van der Waals surface area contributed by atoms with E-state index in [1.54, 1.807) is 23.7 Å². The van der Waals surface area contributed by atoms with Crippen LogP contribution in [0.1, 0.15) is 15.9 Å². The number of anilines is 1. The van der Waals surface area contributed by atoms with Crippen LogP contribution >= 0.6 is 11.3 Å². The maximum atomic E-state index is 13.1. The Balaban J connectivity index is 1.40. The first-order valence-corrected chi connectivity index (χ1v) is 10.2. The van der Waals surface area contributed by atoms with E-state index in [0.29, 0.717) is 0 Å². The van der Waals surface area contributed by atoms with Crippen molar-refractivity contribution in [2.24, 2.45) is 0 Å². The highest BCUT2D eigenvalue weighted by Crippen LogP contribution is 2.33. The average Bonchev–Trinajstić information content (AvgIpc) is 3.44. The Morgan fingerprint density at radius 1 is 0.893 bits per heavy atom. The lowest BCUT2D eigenvalue weighted by atomic mass is 10.0. The molecule has 1 aliphatic rings. The van der Waals surface area contributed by atoms with Crippen molar-refractivity contribution in [2.45, 2.75) is 6.42 Å². The highest BCUT2D eigenvalue weighted by Gasteiger charge is 2.25. The number of carbonyl (C=O) groups excluding carboxylic acids is 1. The Morgan fingerprint density at radius 2 is 1.68 bits per heavy atom. The van der Waals surface area contributed by atoms with E-state index in [4.69, 9.17) is 0 Å². The second-order valence-corrected chi connectivity index (χ2v) is 7.79. The van der Waals surface area contributed by atoms with Crippen LogP contribution in [0.2, 0.25) is 0 Å². The molecule has 4 heteroatoms. The van der Waals surface area contributed by atoms with Gasteiger partial charge in [0.1, 0.15) is 0 Å². The number of hydrogen-bond acceptors (Lipinski definition) is 3. The molecule has 2 aromatic heterocycles. The Kier molecular flexibility index (Phi) is 4.26. The number of amides is 1. The molecule has 0 N–H and O–H groups in total. The zero-order valence-electron chi connectivity index (χ0n) is 15.2. The van der Waals surface area contributed by atoms with E-state index in [1.807, 2.05) is 47.4 Å². The lowest BCUT2D eigenvalue weighted by molar-refractivity contribution is 0.0989. The van der Waals surface area contributed by atoms with Gasteiger partial charge in [-0.15, -0.1) is 11.3 Å². The molecular formula is C24H18N2OS. The number of benzene rings is 2. The van der Waals surface area contributed by atoms with Gasteiger partial charge in [0, 0.05) is 35.1 Å². The van der Waals surface area contributed by atoms with E-state index >= 15 is 0 Å².